The second-order valence-corrected chi connectivity index (χ2v) is 6.25. The van der Waals surface area contributed by atoms with E-state index in [2.05, 4.69) is 0 Å². The molecule has 0 aromatic heterocycles. The molecule has 2 aromatic carbocycles. The smallest absolute Gasteiger partial charge is 0.275 e. The Kier molecular flexibility index (Phi) is 8.64. The number of Topliss-reactive ketones (excluding diaryl/α,β-unsaturated/α-hetero) is 1. The summed E-state index contributed by atoms with van der Waals surface area (Å²) in [5, 5.41) is 1.15. The molecule has 0 radical (unpaired) electrons. The Balaban J connectivity index is 1.95. The van der Waals surface area contributed by atoms with E-state index >= 15 is 0 Å². The third-order valence-electron chi connectivity index (χ3n) is 4.33. The maximum atomic E-state index is 12.3. The van der Waals surface area contributed by atoms with Gasteiger partial charge in [0.15, 0.2) is 12.4 Å². The topological polar surface area (TPSA) is 74.3 Å². The lowest BCUT2D eigenvalue weighted by Gasteiger charge is -2.21. The minimum absolute atomic E-state index is 0.0782. The number of benzene rings is 2. The molecule has 7 nitrogen and oxygen atoms in total. The van der Waals surface area contributed by atoms with Crippen molar-refractivity contribution in [3.05, 3.63) is 59.7 Å². The Bertz CT molecular complexity index is 805. The van der Waals surface area contributed by atoms with Crippen LogP contribution in [0.3, 0.4) is 0 Å². The standard InChI is InChI=1S/C22H27NO6/c1-5-28-21(22(25)23(2)27-4)13-16-9-11-18(12-10-16)29-15-20(24)17-7-6-8-19(14-17)26-3/h6-12,14,21H,5,13,15H2,1-4H3/t21-/m1/s1. The number of ether oxygens (including phenoxy) is 3. The minimum Gasteiger partial charge on any atom is -0.497 e. The zero-order chi connectivity index (χ0) is 21.2. The van der Waals surface area contributed by atoms with Gasteiger partial charge < -0.3 is 14.2 Å². The molecule has 0 aliphatic rings. The molecule has 0 N–H and O–H groups in total. The second-order valence-electron chi connectivity index (χ2n) is 6.25. The molecule has 0 unspecified atom stereocenters. The SMILES string of the molecule is CCO[C@H](Cc1ccc(OCC(=O)c2cccc(OC)c2)cc1)C(=O)N(C)OC. The highest BCUT2D eigenvalue weighted by atomic mass is 16.7. The molecule has 1 atom stereocenters. The number of ketones is 1. The van der Waals surface area contributed by atoms with Crippen molar-refractivity contribution >= 4 is 11.7 Å². The molecule has 0 aliphatic heterocycles. The highest BCUT2D eigenvalue weighted by Gasteiger charge is 2.23. The van der Waals surface area contributed by atoms with Gasteiger partial charge in [-0.3, -0.25) is 14.4 Å². The van der Waals surface area contributed by atoms with E-state index < -0.39 is 6.10 Å². The number of rotatable bonds is 11. The molecular formula is C22H27NO6. The average Bonchev–Trinajstić information content (AvgIpc) is 2.77. The van der Waals surface area contributed by atoms with Crippen LogP contribution in [0.4, 0.5) is 0 Å². The Morgan fingerprint density at radius 2 is 1.76 bits per heavy atom. The molecule has 0 fully saturated rings. The van der Waals surface area contributed by atoms with Crippen molar-refractivity contribution < 1.29 is 28.6 Å². The van der Waals surface area contributed by atoms with Gasteiger partial charge in [0.05, 0.1) is 14.2 Å². The van der Waals surface area contributed by atoms with Crippen molar-refractivity contribution in [2.24, 2.45) is 0 Å². The Morgan fingerprint density at radius 1 is 1.03 bits per heavy atom. The number of hydrogen-bond donors (Lipinski definition) is 0. The summed E-state index contributed by atoms with van der Waals surface area (Å²) in [6.07, 6.45) is -0.227. The lowest BCUT2D eigenvalue weighted by molar-refractivity contribution is -0.180. The van der Waals surface area contributed by atoms with E-state index in [0.717, 1.165) is 10.6 Å². The van der Waals surface area contributed by atoms with Crippen LogP contribution in [0, 0.1) is 0 Å². The van der Waals surface area contributed by atoms with Crippen molar-refractivity contribution in [3.8, 4) is 11.5 Å². The predicted molar refractivity (Wildman–Crippen MR) is 108 cm³/mol. The van der Waals surface area contributed by atoms with Gasteiger partial charge >= 0.3 is 0 Å². The maximum absolute atomic E-state index is 12.3. The average molecular weight is 401 g/mol. The van der Waals surface area contributed by atoms with Gasteiger partial charge in [-0.1, -0.05) is 24.3 Å². The van der Waals surface area contributed by atoms with Crippen molar-refractivity contribution in [1.82, 2.24) is 5.06 Å². The van der Waals surface area contributed by atoms with Crippen LogP contribution in [0.5, 0.6) is 11.5 Å². The summed E-state index contributed by atoms with van der Waals surface area (Å²) < 4.78 is 16.3. The van der Waals surface area contributed by atoms with E-state index in [-0.39, 0.29) is 18.3 Å². The predicted octanol–water partition coefficient (Wildman–Crippen LogP) is 2.92. The zero-order valence-corrected chi connectivity index (χ0v) is 17.2. The summed E-state index contributed by atoms with van der Waals surface area (Å²) >= 11 is 0. The van der Waals surface area contributed by atoms with Crippen LogP contribution < -0.4 is 9.47 Å². The molecule has 156 valence electrons. The molecule has 0 aliphatic carbocycles. The number of carbonyl (C=O) groups excluding carboxylic acids is 2. The third kappa shape index (κ3) is 6.58. The summed E-state index contributed by atoms with van der Waals surface area (Å²) in [5.41, 5.74) is 1.44. The maximum Gasteiger partial charge on any atom is 0.275 e. The van der Waals surface area contributed by atoms with E-state index in [0.29, 0.717) is 30.1 Å². The van der Waals surface area contributed by atoms with E-state index in [1.807, 2.05) is 19.1 Å². The zero-order valence-electron chi connectivity index (χ0n) is 17.2. The molecule has 2 aromatic rings. The number of amides is 1. The summed E-state index contributed by atoms with van der Waals surface area (Å²) in [6.45, 7) is 2.18. The van der Waals surface area contributed by atoms with Crippen LogP contribution in [0.2, 0.25) is 0 Å². The van der Waals surface area contributed by atoms with Crippen LogP contribution in [0.15, 0.2) is 48.5 Å². The summed E-state index contributed by atoms with van der Waals surface area (Å²) in [6, 6.07) is 14.2. The number of carbonyl (C=O) groups is 2. The molecule has 0 spiro atoms. The first-order valence-corrected chi connectivity index (χ1v) is 9.30. The normalized spacial score (nSPS) is 11.6. The highest BCUT2D eigenvalue weighted by molar-refractivity contribution is 5.97. The van der Waals surface area contributed by atoms with E-state index in [4.69, 9.17) is 19.0 Å². The van der Waals surface area contributed by atoms with Crippen molar-refractivity contribution in [2.75, 3.05) is 34.5 Å². The molecule has 0 heterocycles. The van der Waals surface area contributed by atoms with Gasteiger partial charge in [-0.05, 0) is 36.8 Å². The van der Waals surface area contributed by atoms with E-state index in [1.54, 1.807) is 50.6 Å². The number of likely N-dealkylation sites (N-methyl/N-ethyl adjacent to an activating group) is 1. The summed E-state index contributed by atoms with van der Waals surface area (Å²) in [5.74, 6) is 0.798. The lowest BCUT2D eigenvalue weighted by atomic mass is 10.1. The molecule has 0 saturated heterocycles. The Labute approximate surface area is 171 Å². The molecule has 7 heteroatoms. The van der Waals surface area contributed by atoms with Crippen LogP contribution in [-0.2, 0) is 20.8 Å². The van der Waals surface area contributed by atoms with Crippen LogP contribution in [0.1, 0.15) is 22.8 Å². The first-order valence-electron chi connectivity index (χ1n) is 9.30. The Morgan fingerprint density at radius 3 is 2.38 bits per heavy atom. The van der Waals surface area contributed by atoms with Crippen LogP contribution in [-0.4, -0.2) is 57.3 Å². The lowest BCUT2D eigenvalue weighted by Crippen LogP contribution is -2.38. The van der Waals surface area contributed by atoms with Gasteiger partial charge in [0.1, 0.15) is 17.6 Å². The van der Waals surface area contributed by atoms with Crippen molar-refractivity contribution in [1.29, 1.82) is 0 Å². The number of hydroxylamine groups is 2. The fourth-order valence-electron chi connectivity index (χ4n) is 2.68. The van der Waals surface area contributed by atoms with Gasteiger partial charge in [0.2, 0.25) is 0 Å². The second kappa shape index (κ2) is 11.2. The van der Waals surface area contributed by atoms with Crippen molar-refractivity contribution in [2.45, 2.75) is 19.4 Å². The van der Waals surface area contributed by atoms with Crippen LogP contribution >= 0.6 is 0 Å². The molecule has 0 saturated carbocycles. The molecule has 1 amide bonds. The number of hydrogen-bond acceptors (Lipinski definition) is 6. The largest absolute Gasteiger partial charge is 0.497 e. The minimum atomic E-state index is -0.633. The van der Waals surface area contributed by atoms with E-state index in [1.165, 1.54) is 7.11 Å². The number of nitrogens with zero attached hydrogens (tertiary/aromatic N) is 1. The van der Waals surface area contributed by atoms with Gasteiger partial charge in [0.25, 0.3) is 5.91 Å². The summed E-state index contributed by atoms with van der Waals surface area (Å²) in [7, 11) is 4.53. The molecular weight excluding hydrogens is 374 g/mol. The number of methoxy groups -OCH3 is 1. The molecule has 2 rings (SSSR count). The van der Waals surface area contributed by atoms with Gasteiger partial charge in [-0.2, -0.15) is 0 Å². The summed E-state index contributed by atoms with van der Waals surface area (Å²) in [4.78, 5) is 29.5. The van der Waals surface area contributed by atoms with Gasteiger partial charge in [0, 0.05) is 25.6 Å². The van der Waals surface area contributed by atoms with Gasteiger partial charge in [-0.25, -0.2) is 5.06 Å². The third-order valence-corrected chi connectivity index (χ3v) is 4.33. The monoisotopic (exact) mass is 401 g/mol. The highest BCUT2D eigenvalue weighted by Crippen LogP contribution is 2.17. The molecule has 0 bridgehead atoms. The van der Waals surface area contributed by atoms with Gasteiger partial charge in [-0.15, -0.1) is 0 Å². The van der Waals surface area contributed by atoms with E-state index in [9.17, 15) is 9.59 Å². The van der Waals surface area contributed by atoms with Crippen LogP contribution in [0.25, 0.3) is 0 Å². The Hall–Kier alpha value is -2.90. The quantitative estimate of drug-likeness (QED) is 0.426. The fraction of sp³-hybridized carbons (Fsp3) is 0.364. The first-order chi connectivity index (χ1) is 14.0. The fourth-order valence-corrected chi connectivity index (χ4v) is 2.68. The first kappa shape index (κ1) is 22.4. The molecule has 29 heavy (non-hydrogen) atoms. The van der Waals surface area contributed by atoms with Crippen molar-refractivity contribution in [3.63, 3.8) is 0 Å².